The zero-order chi connectivity index (χ0) is 20.4. The first-order chi connectivity index (χ1) is 14.0. The number of nitrogens with one attached hydrogen (secondary N) is 1. The summed E-state index contributed by atoms with van der Waals surface area (Å²) in [6.07, 6.45) is 0. The third-order valence-electron chi connectivity index (χ3n) is 4.33. The number of hydrogen-bond donors (Lipinski definition) is 2. The topological polar surface area (TPSA) is 72.9 Å². The molecule has 1 aromatic heterocycles. The third-order valence-corrected chi connectivity index (χ3v) is 4.82. The number of rotatable bonds is 4. The summed E-state index contributed by atoms with van der Waals surface area (Å²) in [5, 5.41) is 8.60. The monoisotopic (exact) mass is 422 g/mol. The van der Waals surface area contributed by atoms with Crippen LogP contribution in [-0.4, -0.2) is 15.7 Å². The fourth-order valence-corrected chi connectivity index (χ4v) is 3.20. The van der Waals surface area contributed by atoms with Gasteiger partial charge in [0.15, 0.2) is 0 Å². The summed E-state index contributed by atoms with van der Waals surface area (Å²) in [5.74, 6) is 0.264. The van der Waals surface area contributed by atoms with E-state index in [0.717, 1.165) is 16.9 Å². The van der Waals surface area contributed by atoms with Crippen LogP contribution in [0.2, 0.25) is 10.0 Å². The van der Waals surface area contributed by atoms with E-state index in [1.807, 2.05) is 12.1 Å². The van der Waals surface area contributed by atoms with Crippen LogP contribution in [0.15, 0.2) is 78.9 Å². The van der Waals surface area contributed by atoms with Gasteiger partial charge < -0.3 is 11.1 Å². The van der Waals surface area contributed by atoms with Gasteiger partial charge in [0, 0.05) is 32.9 Å². The van der Waals surface area contributed by atoms with Crippen LogP contribution in [-0.2, 0) is 0 Å². The first kappa shape index (κ1) is 19.1. The molecule has 3 N–H and O–H groups in total. The molecule has 1 heterocycles. The second kappa shape index (κ2) is 7.99. The Hall–Kier alpha value is -3.28. The van der Waals surface area contributed by atoms with Crippen molar-refractivity contribution in [2.75, 3.05) is 11.1 Å². The lowest BCUT2D eigenvalue weighted by Crippen LogP contribution is -2.12. The van der Waals surface area contributed by atoms with Gasteiger partial charge in [0.05, 0.1) is 11.4 Å². The maximum absolute atomic E-state index is 12.4. The number of amides is 1. The van der Waals surface area contributed by atoms with Crippen LogP contribution in [0.25, 0.3) is 16.9 Å². The summed E-state index contributed by atoms with van der Waals surface area (Å²) in [5.41, 5.74) is 9.69. The molecule has 0 aliphatic heterocycles. The number of nitrogens with two attached hydrogens (primary N) is 1. The molecule has 4 aromatic rings. The standard InChI is InChI=1S/C22H16Cl2N4O/c23-16-8-4-14(5-9-16)20-13-21(25)28(27-20)19-10-6-15(7-11-19)22(29)26-18-3-1-2-17(24)12-18/h1-13H,25H2,(H,26,29). The first-order valence-corrected chi connectivity index (χ1v) is 9.54. The average molecular weight is 423 g/mol. The van der Waals surface area contributed by atoms with Gasteiger partial charge in [-0.1, -0.05) is 41.4 Å². The highest BCUT2D eigenvalue weighted by atomic mass is 35.5. The molecule has 0 saturated carbocycles. The molecule has 7 heteroatoms. The SMILES string of the molecule is Nc1cc(-c2ccc(Cl)cc2)nn1-c1ccc(C(=O)Nc2cccc(Cl)c2)cc1. The number of aromatic nitrogens is 2. The lowest BCUT2D eigenvalue weighted by Gasteiger charge is -2.08. The van der Waals surface area contributed by atoms with Crippen LogP contribution < -0.4 is 11.1 Å². The summed E-state index contributed by atoms with van der Waals surface area (Å²) in [6, 6.07) is 23.2. The second-order valence-electron chi connectivity index (χ2n) is 6.38. The van der Waals surface area contributed by atoms with Crippen molar-refractivity contribution in [1.29, 1.82) is 0 Å². The molecule has 3 aromatic carbocycles. The molecule has 0 atom stereocenters. The van der Waals surface area contributed by atoms with Crippen LogP contribution in [0.1, 0.15) is 10.4 Å². The largest absolute Gasteiger partial charge is 0.384 e. The number of hydrogen-bond acceptors (Lipinski definition) is 3. The van der Waals surface area contributed by atoms with Gasteiger partial charge in [0.1, 0.15) is 5.82 Å². The van der Waals surface area contributed by atoms with Crippen LogP contribution in [0.3, 0.4) is 0 Å². The molecule has 0 radical (unpaired) electrons. The van der Waals surface area contributed by atoms with Crippen molar-refractivity contribution in [2.24, 2.45) is 0 Å². The van der Waals surface area contributed by atoms with Crippen LogP contribution in [0, 0.1) is 0 Å². The van der Waals surface area contributed by atoms with Crippen molar-refractivity contribution in [2.45, 2.75) is 0 Å². The van der Waals surface area contributed by atoms with E-state index in [2.05, 4.69) is 10.4 Å². The molecule has 0 aliphatic carbocycles. The van der Waals surface area contributed by atoms with Gasteiger partial charge in [-0.15, -0.1) is 0 Å². The Labute approximate surface area is 177 Å². The average Bonchev–Trinajstić information content (AvgIpc) is 3.10. The Balaban J connectivity index is 1.55. The fraction of sp³-hybridized carbons (Fsp3) is 0. The van der Waals surface area contributed by atoms with E-state index in [-0.39, 0.29) is 5.91 Å². The highest BCUT2D eigenvalue weighted by Crippen LogP contribution is 2.24. The van der Waals surface area contributed by atoms with Gasteiger partial charge in [0.25, 0.3) is 5.91 Å². The third kappa shape index (κ3) is 4.26. The maximum atomic E-state index is 12.4. The van der Waals surface area contributed by atoms with Crippen LogP contribution in [0.4, 0.5) is 11.5 Å². The van der Waals surface area contributed by atoms with Gasteiger partial charge in [-0.05, 0) is 54.6 Å². The number of carbonyl (C=O) groups excluding carboxylic acids is 1. The Morgan fingerprint density at radius 2 is 1.62 bits per heavy atom. The van der Waals surface area contributed by atoms with E-state index in [1.165, 1.54) is 0 Å². The predicted octanol–water partition coefficient (Wildman–Crippen LogP) is 5.68. The van der Waals surface area contributed by atoms with E-state index < -0.39 is 0 Å². The van der Waals surface area contributed by atoms with Crippen molar-refractivity contribution < 1.29 is 4.79 Å². The molecule has 0 spiro atoms. The smallest absolute Gasteiger partial charge is 0.255 e. The molecular formula is C22H16Cl2N4O. The van der Waals surface area contributed by atoms with E-state index in [0.29, 0.717) is 27.1 Å². The quantitative estimate of drug-likeness (QED) is 0.444. The molecule has 144 valence electrons. The fourth-order valence-electron chi connectivity index (χ4n) is 2.89. The number of nitrogen functional groups attached to an aromatic ring is 1. The molecule has 5 nitrogen and oxygen atoms in total. The summed E-state index contributed by atoms with van der Waals surface area (Å²) in [4.78, 5) is 12.4. The summed E-state index contributed by atoms with van der Waals surface area (Å²) >= 11 is 11.9. The Morgan fingerprint density at radius 1 is 0.897 bits per heavy atom. The maximum Gasteiger partial charge on any atom is 0.255 e. The first-order valence-electron chi connectivity index (χ1n) is 8.78. The molecule has 4 rings (SSSR count). The number of benzene rings is 3. The number of carbonyl (C=O) groups is 1. The van der Waals surface area contributed by atoms with Crippen molar-refractivity contribution in [3.05, 3.63) is 94.5 Å². The van der Waals surface area contributed by atoms with Gasteiger partial charge in [-0.25, -0.2) is 4.68 Å². The van der Waals surface area contributed by atoms with Crippen molar-refractivity contribution in [3.8, 4) is 16.9 Å². The number of halogens is 2. The van der Waals surface area contributed by atoms with Crippen molar-refractivity contribution >= 4 is 40.6 Å². The van der Waals surface area contributed by atoms with Crippen LogP contribution in [0.5, 0.6) is 0 Å². The van der Waals surface area contributed by atoms with E-state index in [1.54, 1.807) is 71.4 Å². The molecular weight excluding hydrogens is 407 g/mol. The zero-order valence-corrected chi connectivity index (χ0v) is 16.7. The highest BCUT2D eigenvalue weighted by molar-refractivity contribution is 6.31. The molecule has 0 saturated heterocycles. The van der Waals surface area contributed by atoms with E-state index in [9.17, 15) is 4.79 Å². The minimum absolute atomic E-state index is 0.228. The summed E-state index contributed by atoms with van der Waals surface area (Å²) in [6.45, 7) is 0. The highest BCUT2D eigenvalue weighted by Gasteiger charge is 2.11. The lowest BCUT2D eigenvalue weighted by atomic mass is 10.1. The second-order valence-corrected chi connectivity index (χ2v) is 7.26. The molecule has 1 amide bonds. The van der Waals surface area contributed by atoms with Gasteiger partial charge >= 0.3 is 0 Å². The lowest BCUT2D eigenvalue weighted by molar-refractivity contribution is 0.102. The molecule has 0 fully saturated rings. The molecule has 0 unspecified atom stereocenters. The predicted molar refractivity (Wildman–Crippen MR) is 118 cm³/mol. The molecule has 0 aliphatic rings. The number of nitrogens with zero attached hydrogens (tertiary/aromatic N) is 2. The summed E-state index contributed by atoms with van der Waals surface area (Å²) < 4.78 is 1.63. The Morgan fingerprint density at radius 3 is 2.31 bits per heavy atom. The minimum atomic E-state index is -0.228. The van der Waals surface area contributed by atoms with Gasteiger partial charge in [-0.2, -0.15) is 5.10 Å². The van der Waals surface area contributed by atoms with Crippen LogP contribution >= 0.6 is 23.2 Å². The van der Waals surface area contributed by atoms with E-state index in [4.69, 9.17) is 28.9 Å². The number of anilines is 2. The Kier molecular flexibility index (Phi) is 5.25. The van der Waals surface area contributed by atoms with E-state index >= 15 is 0 Å². The summed E-state index contributed by atoms with van der Waals surface area (Å²) in [7, 11) is 0. The van der Waals surface area contributed by atoms with Gasteiger partial charge in [-0.3, -0.25) is 4.79 Å². The Bertz CT molecular complexity index is 1170. The molecule has 0 bridgehead atoms. The van der Waals surface area contributed by atoms with Crippen molar-refractivity contribution in [1.82, 2.24) is 9.78 Å². The van der Waals surface area contributed by atoms with Gasteiger partial charge in [0.2, 0.25) is 0 Å². The molecule has 29 heavy (non-hydrogen) atoms. The van der Waals surface area contributed by atoms with Crippen molar-refractivity contribution in [3.63, 3.8) is 0 Å². The minimum Gasteiger partial charge on any atom is -0.384 e. The normalized spacial score (nSPS) is 10.7. The zero-order valence-electron chi connectivity index (χ0n) is 15.1.